The van der Waals surface area contributed by atoms with Gasteiger partial charge in [-0.3, -0.25) is 10.2 Å². The number of benzene rings is 1. The van der Waals surface area contributed by atoms with Gasteiger partial charge in [0.15, 0.2) is 5.84 Å². The van der Waals surface area contributed by atoms with Gasteiger partial charge in [0.05, 0.1) is 16.3 Å². The normalized spacial score (nSPS) is 17.3. The van der Waals surface area contributed by atoms with E-state index in [2.05, 4.69) is 21.6 Å². The van der Waals surface area contributed by atoms with Gasteiger partial charge in [0.1, 0.15) is 5.04 Å². The van der Waals surface area contributed by atoms with E-state index in [0.29, 0.717) is 10.2 Å². The Hall–Kier alpha value is -2.64. The quantitative estimate of drug-likeness (QED) is 0.434. The summed E-state index contributed by atoms with van der Waals surface area (Å²) in [5, 5.41) is 16.6. The number of fused-ring (bicyclic) bond motifs is 1. The number of nitrogens with one attached hydrogen (secondary N) is 1. The molecule has 6 nitrogen and oxygen atoms in total. The first kappa shape index (κ1) is 21.6. The number of hydrogen-bond acceptors (Lipinski definition) is 4. The van der Waals surface area contributed by atoms with Gasteiger partial charge in [0.25, 0.3) is 5.91 Å². The Morgan fingerprint density at radius 1 is 1.23 bits per heavy atom. The van der Waals surface area contributed by atoms with E-state index in [0.717, 1.165) is 53.4 Å². The number of rotatable bonds is 6. The number of para-hydroxylation sites is 1. The monoisotopic (exact) mass is 453 g/mol. The zero-order valence-corrected chi connectivity index (χ0v) is 19.3. The minimum atomic E-state index is -0.406. The van der Waals surface area contributed by atoms with Crippen molar-refractivity contribution in [2.75, 3.05) is 0 Å². The molecule has 0 aliphatic carbocycles. The number of carbonyl (C=O) groups is 1. The highest BCUT2D eigenvalue weighted by Gasteiger charge is 2.35. The minimum Gasteiger partial charge on any atom is -0.316 e. The molecular weight excluding hydrogens is 430 g/mol. The van der Waals surface area contributed by atoms with Crippen LogP contribution in [0, 0.1) is 19.3 Å². The molecule has 0 fully saturated rings. The first-order chi connectivity index (χ1) is 14.9. The Bertz CT molecular complexity index is 1160. The number of amides is 1. The van der Waals surface area contributed by atoms with Crippen molar-refractivity contribution in [2.45, 2.75) is 46.5 Å². The molecule has 8 heteroatoms. The van der Waals surface area contributed by atoms with Crippen LogP contribution >= 0.6 is 23.4 Å². The molecule has 2 aliphatic heterocycles. The third-order valence-corrected chi connectivity index (χ3v) is 6.64. The van der Waals surface area contributed by atoms with Crippen LogP contribution in [0.2, 0.25) is 5.02 Å². The number of aryl methyl sites for hydroxylation is 1. The van der Waals surface area contributed by atoms with Crippen molar-refractivity contribution in [3.8, 4) is 5.69 Å². The second-order valence-corrected chi connectivity index (χ2v) is 9.03. The van der Waals surface area contributed by atoms with E-state index in [1.165, 1.54) is 16.8 Å². The summed E-state index contributed by atoms with van der Waals surface area (Å²) in [6.45, 7) is 6.13. The van der Waals surface area contributed by atoms with Gasteiger partial charge in [0, 0.05) is 11.4 Å². The molecule has 0 saturated carbocycles. The lowest BCUT2D eigenvalue weighted by atomic mass is 10.1. The van der Waals surface area contributed by atoms with Crippen LogP contribution in [0.1, 0.15) is 49.6 Å². The molecule has 3 heterocycles. The molecule has 1 aromatic carbocycles. The second kappa shape index (κ2) is 8.85. The average Bonchev–Trinajstić information content (AvgIpc) is 3.26. The molecule has 0 spiro atoms. The maximum absolute atomic E-state index is 12.7. The largest absolute Gasteiger partial charge is 0.316 e. The minimum absolute atomic E-state index is 0.0653. The highest BCUT2D eigenvalue weighted by atomic mass is 35.5. The van der Waals surface area contributed by atoms with E-state index in [1.54, 1.807) is 6.08 Å². The molecule has 160 valence electrons. The SMILES string of the molecule is CCCCCC1=NN2C(=N)/C(=C/c3cc(C)n(-c4ccccc4Cl)c3C)C(=O)N=C2S1. The second-order valence-electron chi connectivity index (χ2n) is 7.58. The Balaban J connectivity index is 1.66. The Kier molecular flexibility index (Phi) is 6.16. The van der Waals surface area contributed by atoms with Crippen molar-refractivity contribution in [2.24, 2.45) is 10.1 Å². The molecule has 0 bridgehead atoms. The van der Waals surface area contributed by atoms with Crippen molar-refractivity contribution < 1.29 is 4.79 Å². The number of hydrogen-bond donors (Lipinski definition) is 1. The van der Waals surface area contributed by atoms with Crippen molar-refractivity contribution in [3.63, 3.8) is 0 Å². The van der Waals surface area contributed by atoms with Gasteiger partial charge in [-0.2, -0.15) is 15.1 Å². The smallest absolute Gasteiger partial charge is 0.283 e. The predicted molar refractivity (Wildman–Crippen MR) is 129 cm³/mol. The summed E-state index contributed by atoms with van der Waals surface area (Å²) in [6.07, 6.45) is 5.88. The molecule has 0 atom stereocenters. The third-order valence-electron chi connectivity index (χ3n) is 5.35. The van der Waals surface area contributed by atoms with Gasteiger partial charge in [0.2, 0.25) is 5.17 Å². The van der Waals surface area contributed by atoms with E-state index in [-0.39, 0.29) is 11.4 Å². The predicted octanol–water partition coefficient (Wildman–Crippen LogP) is 5.95. The summed E-state index contributed by atoms with van der Waals surface area (Å²) >= 11 is 7.79. The molecule has 1 aromatic heterocycles. The van der Waals surface area contributed by atoms with E-state index in [4.69, 9.17) is 17.0 Å². The first-order valence-electron chi connectivity index (χ1n) is 10.3. The van der Waals surface area contributed by atoms with Crippen LogP contribution in [0.15, 0.2) is 46.0 Å². The number of unbranched alkanes of at least 4 members (excludes halogenated alkanes) is 2. The average molecular weight is 454 g/mol. The van der Waals surface area contributed by atoms with Gasteiger partial charge in [-0.05, 0) is 68.3 Å². The van der Waals surface area contributed by atoms with Gasteiger partial charge >= 0.3 is 0 Å². The number of halogens is 1. The summed E-state index contributed by atoms with van der Waals surface area (Å²) < 4.78 is 2.05. The van der Waals surface area contributed by atoms with Crippen LogP contribution in [0.5, 0.6) is 0 Å². The zero-order chi connectivity index (χ0) is 22.1. The summed E-state index contributed by atoms with van der Waals surface area (Å²) in [7, 11) is 0. The molecule has 1 N–H and O–H groups in total. The molecule has 0 saturated heterocycles. The van der Waals surface area contributed by atoms with Crippen molar-refractivity contribution in [1.29, 1.82) is 5.41 Å². The van der Waals surface area contributed by atoms with Gasteiger partial charge in [-0.15, -0.1) is 0 Å². The Morgan fingerprint density at radius 2 is 2.00 bits per heavy atom. The highest BCUT2D eigenvalue weighted by Crippen LogP contribution is 2.32. The zero-order valence-electron chi connectivity index (χ0n) is 17.8. The molecule has 1 amide bonds. The molecule has 4 rings (SSSR count). The molecular formula is C23H24ClN5OS. The lowest BCUT2D eigenvalue weighted by Gasteiger charge is -2.20. The number of hydrazone groups is 1. The van der Waals surface area contributed by atoms with Crippen LogP contribution < -0.4 is 0 Å². The van der Waals surface area contributed by atoms with Crippen LogP contribution in [0.25, 0.3) is 11.8 Å². The van der Waals surface area contributed by atoms with E-state index in [1.807, 2.05) is 44.2 Å². The fourth-order valence-corrected chi connectivity index (χ4v) is 4.90. The van der Waals surface area contributed by atoms with Gasteiger partial charge in [-0.1, -0.05) is 43.5 Å². The number of thioether (sulfide) groups is 1. The van der Waals surface area contributed by atoms with Crippen molar-refractivity contribution >= 4 is 51.4 Å². The molecule has 0 unspecified atom stereocenters. The summed E-state index contributed by atoms with van der Waals surface area (Å²) in [5.41, 5.74) is 3.90. The third kappa shape index (κ3) is 4.12. The van der Waals surface area contributed by atoms with Crippen LogP contribution in [0.4, 0.5) is 0 Å². The fourth-order valence-electron chi connectivity index (χ4n) is 3.75. The van der Waals surface area contributed by atoms with E-state index < -0.39 is 5.91 Å². The Labute approximate surface area is 191 Å². The number of amidine groups is 2. The van der Waals surface area contributed by atoms with E-state index in [9.17, 15) is 4.79 Å². The number of carbonyl (C=O) groups excluding carboxylic acids is 1. The first-order valence-corrected chi connectivity index (χ1v) is 11.5. The van der Waals surface area contributed by atoms with Crippen LogP contribution in [0.3, 0.4) is 0 Å². The van der Waals surface area contributed by atoms with Crippen LogP contribution in [-0.4, -0.2) is 31.5 Å². The topological polar surface area (TPSA) is 73.8 Å². The molecule has 31 heavy (non-hydrogen) atoms. The maximum Gasteiger partial charge on any atom is 0.283 e. The maximum atomic E-state index is 12.7. The lowest BCUT2D eigenvalue weighted by Crippen LogP contribution is -2.35. The summed E-state index contributed by atoms with van der Waals surface area (Å²) in [4.78, 5) is 16.9. The van der Waals surface area contributed by atoms with Gasteiger partial charge in [-0.25, -0.2) is 0 Å². The van der Waals surface area contributed by atoms with E-state index >= 15 is 0 Å². The van der Waals surface area contributed by atoms with Crippen molar-refractivity contribution in [3.05, 3.63) is 57.9 Å². The number of aromatic nitrogens is 1. The lowest BCUT2D eigenvalue weighted by molar-refractivity contribution is -0.114. The Morgan fingerprint density at radius 3 is 2.74 bits per heavy atom. The standard InChI is InChI=1S/C23H24ClN5OS/c1-4-5-6-11-20-27-29-21(25)17(22(30)26-23(29)31-20)13-16-12-14(2)28(15(16)3)19-10-8-7-9-18(19)24/h7-10,12-13,25H,4-6,11H2,1-3H3/b17-13-,25-21?. The van der Waals surface area contributed by atoms with Crippen LogP contribution in [-0.2, 0) is 4.79 Å². The molecule has 0 radical (unpaired) electrons. The number of aliphatic imine (C=N–C) groups is 1. The number of nitrogens with zero attached hydrogens (tertiary/aromatic N) is 4. The van der Waals surface area contributed by atoms with Crippen molar-refractivity contribution in [1.82, 2.24) is 9.58 Å². The highest BCUT2D eigenvalue weighted by molar-refractivity contribution is 8.26. The van der Waals surface area contributed by atoms with Gasteiger partial charge < -0.3 is 4.57 Å². The fraction of sp³-hybridized carbons (Fsp3) is 0.304. The summed E-state index contributed by atoms with van der Waals surface area (Å²) in [6, 6.07) is 9.64. The molecule has 2 aliphatic rings. The summed E-state index contributed by atoms with van der Waals surface area (Å²) in [5.74, 6) is -0.341. The molecule has 2 aromatic rings.